The molecule has 0 spiro atoms. The van der Waals surface area contributed by atoms with Crippen molar-refractivity contribution in [2.75, 3.05) is 32.2 Å². The lowest BCUT2D eigenvalue weighted by Crippen LogP contribution is -2.26. The summed E-state index contributed by atoms with van der Waals surface area (Å²) < 4.78 is 11.0. The molecule has 0 fully saturated rings. The molecule has 0 saturated heterocycles. The molecule has 0 aliphatic carbocycles. The van der Waals surface area contributed by atoms with Crippen molar-refractivity contribution in [3.05, 3.63) is 23.8 Å². The molecule has 0 aliphatic rings. The maximum atomic E-state index is 6.07. The molecule has 1 aromatic rings. The number of hydrogen-bond acceptors (Lipinski definition) is 4. The summed E-state index contributed by atoms with van der Waals surface area (Å²) in [6.45, 7) is 7.58. The van der Waals surface area contributed by atoms with Gasteiger partial charge in [0.25, 0.3) is 0 Å². The van der Waals surface area contributed by atoms with E-state index < -0.39 is 0 Å². The Morgan fingerprint density at radius 1 is 1.26 bits per heavy atom. The number of likely N-dealkylation sites (N-methyl/N-ethyl adjacent to an activating group) is 1. The first-order valence-corrected chi connectivity index (χ1v) is 6.72. The van der Waals surface area contributed by atoms with Crippen LogP contribution >= 0.6 is 0 Å². The molecule has 1 atom stereocenters. The Hall–Kier alpha value is -1.26. The molecule has 0 radical (unpaired) electrons. The van der Waals surface area contributed by atoms with Crippen LogP contribution < -0.4 is 15.4 Å². The van der Waals surface area contributed by atoms with Gasteiger partial charge in [-0.25, -0.2) is 0 Å². The summed E-state index contributed by atoms with van der Waals surface area (Å²) in [5, 5.41) is 0. The van der Waals surface area contributed by atoms with Crippen molar-refractivity contribution in [2.45, 2.75) is 32.9 Å². The smallest absolute Gasteiger partial charge is 0.125 e. The van der Waals surface area contributed by atoms with E-state index in [0.717, 1.165) is 23.5 Å². The van der Waals surface area contributed by atoms with E-state index in [1.54, 1.807) is 7.11 Å². The zero-order valence-electron chi connectivity index (χ0n) is 12.6. The number of hydrogen-bond donors (Lipinski definition) is 1. The highest BCUT2D eigenvalue weighted by molar-refractivity contribution is 5.60. The van der Waals surface area contributed by atoms with Crippen molar-refractivity contribution in [1.29, 1.82) is 0 Å². The minimum atomic E-state index is -0.0698. The molecule has 2 N–H and O–H groups in total. The lowest BCUT2D eigenvalue weighted by Gasteiger charge is -2.25. The molecular weight excluding hydrogens is 240 g/mol. The largest absolute Gasteiger partial charge is 0.496 e. The van der Waals surface area contributed by atoms with E-state index in [-0.39, 0.29) is 12.1 Å². The highest BCUT2D eigenvalue weighted by Gasteiger charge is 2.15. The zero-order chi connectivity index (χ0) is 14.4. The van der Waals surface area contributed by atoms with Crippen molar-refractivity contribution in [3.63, 3.8) is 0 Å². The van der Waals surface area contributed by atoms with E-state index >= 15 is 0 Å². The van der Waals surface area contributed by atoms with E-state index in [1.807, 2.05) is 40.0 Å². The van der Waals surface area contributed by atoms with E-state index in [9.17, 15) is 0 Å². The summed E-state index contributed by atoms with van der Waals surface area (Å²) in [5.41, 5.74) is 8.21. The van der Waals surface area contributed by atoms with Gasteiger partial charge in [-0.2, -0.15) is 0 Å². The second-order valence-corrected chi connectivity index (χ2v) is 5.02. The van der Waals surface area contributed by atoms with E-state index in [2.05, 4.69) is 11.0 Å². The van der Waals surface area contributed by atoms with Crippen LogP contribution in [0.4, 0.5) is 5.69 Å². The van der Waals surface area contributed by atoms with Crippen LogP contribution in [-0.2, 0) is 4.74 Å². The van der Waals surface area contributed by atoms with Crippen molar-refractivity contribution >= 4 is 5.69 Å². The van der Waals surface area contributed by atoms with Gasteiger partial charge in [-0.05, 0) is 32.9 Å². The Bertz CT molecular complexity index is 392. The van der Waals surface area contributed by atoms with Crippen LogP contribution in [0, 0.1) is 0 Å². The van der Waals surface area contributed by atoms with Gasteiger partial charge in [0.2, 0.25) is 0 Å². The number of methoxy groups -OCH3 is 1. The lowest BCUT2D eigenvalue weighted by atomic mass is 10.0. The molecule has 19 heavy (non-hydrogen) atoms. The Kier molecular flexibility index (Phi) is 6.12. The van der Waals surface area contributed by atoms with Gasteiger partial charge in [0, 0.05) is 30.9 Å². The van der Waals surface area contributed by atoms with E-state index in [4.69, 9.17) is 15.2 Å². The van der Waals surface area contributed by atoms with E-state index in [0.29, 0.717) is 6.61 Å². The number of rotatable bonds is 7. The average Bonchev–Trinajstić information content (AvgIpc) is 2.36. The fraction of sp³-hybridized carbons (Fsp3) is 0.600. The summed E-state index contributed by atoms with van der Waals surface area (Å²) in [4.78, 5) is 2.16. The average molecular weight is 266 g/mol. The molecule has 0 aliphatic heterocycles. The van der Waals surface area contributed by atoms with Gasteiger partial charge in [-0.15, -0.1) is 0 Å². The van der Waals surface area contributed by atoms with Crippen molar-refractivity contribution < 1.29 is 9.47 Å². The molecule has 1 aromatic carbocycles. The Morgan fingerprint density at radius 2 is 1.95 bits per heavy atom. The zero-order valence-corrected chi connectivity index (χ0v) is 12.6. The van der Waals surface area contributed by atoms with Gasteiger partial charge in [0.05, 0.1) is 19.8 Å². The molecule has 0 amide bonds. The maximum absolute atomic E-state index is 6.07. The summed E-state index contributed by atoms with van der Waals surface area (Å²) in [7, 11) is 3.72. The first-order valence-electron chi connectivity index (χ1n) is 6.72. The monoisotopic (exact) mass is 266 g/mol. The first-order chi connectivity index (χ1) is 8.97. The molecule has 0 bridgehead atoms. The highest BCUT2D eigenvalue weighted by Crippen LogP contribution is 2.32. The summed E-state index contributed by atoms with van der Waals surface area (Å²) in [5.74, 6) is 0.837. The second kappa shape index (κ2) is 7.36. The molecule has 0 saturated carbocycles. The van der Waals surface area contributed by atoms with Gasteiger partial charge in [-0.3, -0.25) is 0 Å². The molecule has 0 heterocycles. The van der Waals surface area contributed by atoms with Crippen LogP contribution in [0.2, 0.25) is 0 Å². The SMILES string of the molecule is COc1cccc(N(C)CCOC(C)C)c1[C@H](C)N. The van der Waals surface area contributed by atoms with Crippen LogP contribution in [0.25, 0.3) is 0 Å². The minimum Gasteiger partial charge on any atom is -0.496 e. The molecule has 0 aromatic heterocycles. The van der Waals surface area contributed by atoms with Crippen molar-refractivity contribution in [3.8, 4) is 5.75 Å². The minimum absolute atomic E-state index is 0.0698. The van der Waals surface area contributed by atoms with Crippen molar-refractivity contribution in [1.82, 2.24) is 0 Å². The Balaban J connectivity index is 2.86. The fourth-order valence-electron chi connectivity index (χ4n) is 2.05. The fourth-order valence-corrected chi connectivity index (χ4v) is 2.05. The molecule has 4 heteroatoms. The third-order valence-corrected chi connectivity index (χ3v) is 3.01. The molecule has 0 unspecified atom stereocenters. The molecule has 108 valence electrons. The predicted molar refractivity (Wildman–Crippen MR) is 80.0 cm³/mol. The van der Waals surface area contributed by atoms with Crippen LogP contribution in [0.15, 0.2) is 18.2 Å². The molecule has 4 nitrogen and oxygen atoms in total. The highest BCUT2D eigenvalue weighted by atomic mass is 16.5. The standard InChI is InChI=1S/C15H26N2O2/c1-11(2)19-10-9-17(4)13-7-6-8-14(18-5)15(13)12(3)16/h6-8,11-12H,9-10,16H2,1-5H3/t12-/m0/s1. The van der Waals surface area contributed by atoms with E-state index in [1.165, 1.54) is 0 Å². The second-order valence-electron chi connectivity index (χ2n) is 5.02. The van der Waals surface area contributed by atoms with Crippen LogP contribution in [0.1, 0.15) is 32.4 Å². The third-order valence-electron chi connectivity index (χ3n) is 3.01. The Morgan fingerprint density at radius 3 is 2.47 bits per heavy atom. The normalized spacial score (nSPS) is 12.6. The topological polar surface area (TPSA) is 47.7 Å². The predicted octanol–water partition coefficient (Wildman–Crippen LogP) is 2.58. The van der Waals surface area contributed by atoms with Crippen LogP contribution in [-0.4, -0.2) is 33.4 Å². The van der Waals surface area contributed by atoms with Crippen LogP contribution in [0.3, 0.4) is 0 Å². The summed E-state index contributed by atoms with van der Waals surface area (Å²) in [6, 6.07) is 5.93. The maximum Gasteiger partial charge on any atom is 0.125 e. The summed E-state index contributed by atoms with van der Waals surface area (Å²) >= 11 is 0. The number of benzene rings is 1. The van der Waals surface area contributed by atoms with Crippen LogP contribution in [0.5, 0.6) is 5.75 Å². The van der Waals surface area contributed by atoms with Crippen molar-refractivity contribution in [2.24, 2.45) is 5.73 Å². The quantitative estimate of drug-likeness (QED) is 0.824. The third kappa shape index (κ3) is 4.40. The molecule has 1 rings (SSSR count). The van der Waals surface area contributed by atoms with Gasteiger partial charge < -0.3 is 20.1 Å². The lowest BCUT2D eigenvalue weighted by molar-refractivity contribution is 0.0846. The Labute approximate surface area is 116 Å². The summed E-state index contributed by atoms with van der Waals surface area (Å²) in [6.07, 6.45) is 0.256. The first kappa shape index (κ1) is 15.8. The van der Waals surface area contributed by atoms with Gasteiger partial charge in [0.1, 0.15) is 5.75 Å². The number of anilines is 1. The van der Waals surface area contributed by atoms with Gasteiger partial charge >= 0.3 is 0 Å². The van der Waals surface area contributed by atoms with Gasteiger partial charge in [0.15, 0.2) is 0 Å². The number of ether oxygens (including phenoxy) is 2. The number of nitrogens with zero attached hydrogens (tertiary/aromatic N) is 1. The van der Waals surface area contributed by atoms with Gasteiger partial charge in [-0.1, -0.05) is 6.07 Å². The number of nitrogens with two attached hydrogens (primary N) is 1. The molecular formula is C15H26N2O2.